The Morgan fingerprint density at radius 3 is 2.57 bits per heavy atom. The van der Waals surface area contributed by atoms with Crippen LogP contribution in [0.3, 0.4) is 0 Å². The van der Waals surface area contributed by atoms with Gasteiger partial charge in [-0.2, -0.15) is 13.2 Å². The largest absolute Gasteiger partial charge is 0.456 e. The van der Waals surface area contributed by atoms with Gasteiger partial charge >= 0.3 is 12.1 Å². The Labute approximate surface area is 175 Å². The predicted octanol–water partition coefficient (Wildman–Crippen LogP) is 2.64. The number of nitrogens with one attached hydrogen (secondary N) is 1. The minimum Gasteiger partial charge on any atom is -0.456 e. The van der Waals surface area contributed by atoms with E-state index in [-0.39, 0.29) is 6.42 Å². The molecule has 0 spiro atoms. The van der Waals surface area contributed by atoms with Crippen molar-refractivity contribution >= 4 is 33.2 Å². The molecule has 0 aliphatic carbocycles. The first kappa shape index (κ1) is 23.8. The van der Waals surface area contributed by atoms with Gasteiger partial charge in [-0.1, -0.05) is 12.1 Å². The molecule has 2 rings (SSSR count). The van der Waals surface area contributed by atoms with Crippen molar-refractivity contribution in [2.75, 3.05) is 20.2 Å². The second-order valence-corrected chi connectivity index (χ2v) is 8.96. The third-order valence-electron chi connectivity index (χ3n) is 3.85. The summed E-state index contributed by atoms with van der Waals surface area (Å²) in [6.45, 7) is -0.525. The Morgan fingerprint density at radius 2 is 1.93 bits per heavy atom. The highest BCUT2D eigenvalue weighted by atomic mass is 32.2. The number of rotatable bonds is 9. The lowest BCUT2D eigenvalue weighted by Gasteiger charge is -2.16. The van der Waals surface area contributed by atoms with Crippen molar-refractivity contribution in [1.29, 1.82) is 0 Å². The molecule has 0 saturated carbocycles. The van der Waals surface area contributed by atoms with Crippen LogP contribution in [0.25, 0.3) is 0 Å². The van der Waals surface area contributed by atoms with Crippen LogP contribution in [0.2, 0.25) is 0 Å². The molecular weight excluding hydrogens is 445 g/mol. The van der Waals surface area contributed by atoms with Crippen LogP contribution in [0.1, 0.15) is 16.9 Å². The van der Waals surface area contributed by atoms with Crippen LogP contribution < -0.4 is 4.72 Å². The number of hydrogen-bond acceptors (Lipinski definition) is 6. The fourth-order valence-corrected chi connectivity index (χ4v) is 4.09. The van der Waals surface area contributed by atoms with E-state index in [1.54, 1.807) is 7.05 Å². The molecule has 0 unspecified atom stereocenters. The number of likely N-dealkylation sites (N-methyl/N-ethyl adjacent to an activating group) is 1. The van der Waals surface area contributed by atoms with Crippen molar-refractivity contribution < 1.29 is 35.9 Å². The average Bonchev–Trinajstić information content (AvgIpc) is 3.18. The molecule has 1 N–H and O–H groups in total. The molecular formula is C18H19F3N2O5S2. The maximum atomic E-state index is 12.7. The summed E-state index contributed by atoms with van der Waals surface area (Å²) in [5, 5.41) is 1.87. The van der Waals surface area contributed by atoms with Gasteiger partial charge < -0.3 is 9.64 Å². The lowest BCUT2D eigenvalue weighted by Crippen LogP contribution is -2.31. The van der Waals surface area contributed by atoms with Gasteiger partial charge in [0.2, 0.25) is 10.0 Å². The van der Waals surface area contributed by atoms with Gasteiger partial charge in [0.25, 0.3) is 5.91 Å². The highest BCUT2D eigenvalue weighted by Gasteiger charge is 2.31. The number of nitrogens with zero attached hydrogens (tertiary/aromatic N) is 1. The zero-order valence-corrected chi connectivity index (χ0v) is 17.4. The maximum absolute atomic E-state index is 12.7. The zero-order chi connectivity index (χ0) is 22.4. The Bertz CT molecular complexity index is 976. The van der Waals surface area contributed by atoms with Gasteiger partial charge in [-0.25, -0.2) is 13.1 Å². The number of thiophene rings is 1. The van der Waals surface area contributed by atoms with E-state index in [9.17, 15) is 31.2 Å². The summed E-state index contributed by atoms with van der Waals surface area (Å²) in [5.41, 5.74) is -1.10. The van der Waals surface area contributed by atoms with Gasteiger partial charge in [-0.05, 0) is 29.6 Å². The van der Waals surface area contributed by atoms with Gasteiger partial charge in [-0.15, -0.1) is 11.3 Å². The molecule has 30 heavy (non-hydrogen) atoms. The van der Waals surface area contributed by atoms with Crippen LogP contribution in [0, 0.1) is 0 Å². The van der Waals surface area contributed by atoms with Gasteiger partial charge in [-0.3, -0.25) is 9.59 Å². The maximum Gasteiger partial charge on any atom is 0.416 e. The summed E-state index contributed by atoms with van der Waals surface area (Å²) < 4.78 is 69.2. The second-order valence-electron chi connectivity index (χ2n) is 6.16. The number of sulfonamides is 1. The third kappa shape index (κ3) is 7.11. The van der Waals surface area contributed by atoms with Crippen molar-refractivity contribution in [3.63, 3.8) is 0 Å². The number of esters is 1. The molecule has 164 valence electrons. The first-order valence-corrected chi connectivity index (χ1v) is 10.9. The van der Waals surface area contributed by atoms with Gasteiger partial charge in [0.05, 0.1) is 23.4 Å². The van der Waals surface area contributed by atoms with Crippen molar-refractivity contribution in [1.82, 2.24) is 9.62 Å². The van der Waals surface area contributed by atoms with Crippen molar-refractivity contribution in [2.24, 2.45) is 0 Å². The van der Waals surface area contributed by atoms with Crippen LogP contribution in [-0.2, 0) is 37.1 Å². The Kier molecular flexibility index (Phi) is 7.98. The third-order valence-corrected chi connectivity index (χ3v) is 6.17. The molecule has 1 aromatic carbocycles. The van der Waals surface area contributed by atoms with E-state index in [4.69, 9.17) is 4.74 Å². The van der Waals surface area contributed by atoms with Crippen LogP contribution in [0.4, 0.5) is 13.2 Å². The molecule has 0 fully saturated rings. The molecule has 0 aliphatic rings. The lowest BCUT2D eigenvalue weighted by atomic mass is 10.2. The molecule has 1 aromatic heterocycles. The first-order valence-electron chi connectivity index (χ1n) is 8.58. The number of amides is 1. The summed E-state index contributed by atoms with van der Waals surface area (Å²) >= 11 is 1.48. The molecule has 12 heteroatoms. The Hall–Kier alpha value is -2.44. The monoisotopic (exact) mass is 464 g/mol. The standard InChI is InChI=1S/C18H19F3N2O5S2/c1-23(11-14-5-3-9-29-14)16(24)12-28-17(25)7-8-22-30(26,27)15-6-2-4-13(10-15)18(19,20)21/h2-6,9-10,22H,7-8,11-12H2,1H3. The minimum atomic E-state index is -4.68. The number of hydrogen-bond donors (Lipinski definition) is 1. The van der Waals surface area contributed by atoms with E-state index in [1.807, 2.05) is 22.2 Å². The van der Waals surface area contributed by atoms with Gasteiger partial charge in [0.15, 0.2) is 6.61 Å². The van der Waals surface area contributed by atoms with Crippen LogP contribution in [-0.4, -0.2) is 45.4 Å². The van der Waals surface area contributed by atoms with Gasteiger partial charge in [0, 0.05) is 18.5 Å². The van der Waals surface area contributed by atoms with E-state index in [0.717, 1.165) is 23.1 Å². The summed E-state index contributed by atoms with van der Waals surface area (Å²) in [6.07, 6.45) is -5.07. The number of benzene rings is 1. The Balaban J connectivity index is 1.79. The zero-order valence-electron chi connectivity index (χ0n) is 15.8. The van der Waals surface area contributed by atoms with Crippen molar-refractivity contribution in [2.45, 2.75) is 24.0 Å². The SMILES string of the molecule is CN(Cc1cccs1)C(=O)COC(=O)CCNS(=O)(=O)c1cccc(C(F)(F)F)c1. The van der Waals surface area contributed by atoms with Crippen LogP contribution in [0.5, 0.6) is 0 Å². The fourth-order valence-electron chi connectivity index (χ4n) is 2.26. The van der Waals surface area contributed by atoms with E-state index >= 15 is 0 Å². The van der Waals surface area contributed by atoms with E-state index in [2.05, 4.69) is 0 Å². The molecule has 1 heterocycles. The van der Waals surface area contributed by atoms with Crippen molar-refractivity contribution in [3.8, 4) is 0 Å². The number of ether oxygens (including phenoxy) is 1. The predicted molar refractivity (Wildman–Crippen MR) is 103 cm³/mol. The highest BCUT2D eigenvalue weighted by molar-refractivity contribution is 7.89. The number of carbonyl (C=O) groups is 2. The molecule has 1 amide bonds. The quantitative estimate of drug-likeness (QED) is 0.576. The normalized spacial score (nSPS) is 11.9. The Morgan fingerprint density at radius 1 is 1.20 bits per heavy atom. The summed E-state index contributed by atoms with van der Waals surface area (Å²) in [7, 11) is -2.69. The van der Waals surface area contributed by atoms with Gasteiger partial charge in [0.1, 0.15) is 0 Å². The first-order chi connectivity index (χ1) is 14.0. The highest BCUT2D eigenvalue weighted by Crippen LogP contribution is 2.30. The summed E-state index contributed by atoms with van der Waals surface area (Å²) in [5.74, 6) is -1.25. The molecule has 7 nitrogen and oxygen atoms in total. The number of alkyl halides is 3. The minimum absolute atomic E-state index is 0.366. The number of carbonyl (C=O) groups excluding carboxylic acids is 2. The fraction of sp³-hybridized carbons (Fsp3) is 0.333. The second kappa shape index (κ2) is 10.0. The van der Waals surface area contributed by atoms with E-state index in [1.165, 1.54) is 16.2 Å². The van der Waals surface area contributed by atoms with Crippen molar-refractivity contribution in [3.05, 3.63) is 52.2 Å². The lowest BCUT2D eigenvalue weighted by molar-refractivity contribution is -0.151. The molecule has 0 atom stereocenters. The molecule has 0 radical (unpaired) electrons. The molecule has 0 bridgehead atoms. The average molecular weight is 464 g/mol. The van der Waals surface area contributed by atoms with Crippen LogP contribution >= 0.6 is 11.3 Å². The smallest absolute Gasteiger partial charge is 0.416 e. The van der Waals surface area contributed by atoms with E-state index in [0.29, 0.717) is 12.6 Å². The van der Waals surface area contributed by atoms with E-state index < -0.39 is 51.7 Å². The number of halogens is 3. The van der Waals surface area contributed by atoms with Crippen LogP contribution in [0.15, 0.2) is 46.7 Å². The molecule has 0 saturated heterocycles. The topological polar surface area (TPSA) is 92.8 Å². The summed E-state index contributed by atoms with van der Waals surface area (Å²) in [6, 6.07) is 6.95. The molecule has 0 aliphatic heterocycles. The molecule has 2 aromatic rings. The summed E-state index contributed by atoms with van der Waals surface area (Å²) in [4.78, 5) is 25.4.